The summed E-state index contributed by atoms with van der Waals surface area (Å²) in [5.74, 6) is -0.284. The maximum atomic E-state index is 11.7. The average molecular weight is 344 g/mol. The van der Waals surface area contributed by atoms with Gasteiger partial charge in [-0.1, -0.05) is 78.9 Å². The van der Waals surface area contributed by atoms with Gasteiger partial charge in [0.25, 0.3) is 0 Å². The van der Waals surface area contributed by atoms with E-state index in [1.807, 2.05) is 60.7 Å². The second kappa shape index (κ2) is 8.67. The summed E-state index contributed by atoms with van der Waals surface area (Å²) in [6.45, 7) is 0.530. The molecule has 3 nitrogen and oxygen atoms in total. The summed E-state index contributed by atoms with van der Waals surface area (Å²) >= 11 is 0. The summed E-state index contributed by atoms with van der Waals surface area (Å²) in [6.07, 6.45) is 2.46. The predicted octanol–water partition coefficient (Wildman–Crippen LogP) is 4.93. The maximum absolute atomic E-state index is 11.7. The second-order valence-corrected chi connectivity index (χ2v) is 5.85. The normalized spacial score (nSPS) is 11.2. The van der Waals surface area contributed by atoms with E-state index in [0.29, 0.717) is 17.9 Å². The first-order chi connectivity index (χ1) is 12.7. The molecule has 0 saturated carbocycles. The third kappa shape index (κ3) is 4.61. The van der Waals surface area contributed by atoms with Crippen LogP contribution in [0.1, 0.15) is 16.7 Å². The van der Waals surface area contributed by atoms with Crippen LogP contribution in [0.25, 0.3) is 11.6 Å². The highest BCUT2D eigenvalue weighted by molar-refractivity contribution is 6.20. The van der Waals surface area contributed by atoms with Gasteiger partial charge in [-0.25, -0.2) is 4.79 Å². The number of carbonyl (C=O) groups is 1. The summed E-state index contributed by atoms with van der Waals surface area (Å²) in [5, 5.41) is 9.59. The predicted molar refractivity (Wildman–Crippen MR) is 104 cm³/mol. The topological polar surface area (TPSA) is 46.5 Å². The fraction of sp³-hybridized carbons (Fsp3) is 0.0870. The van der Waals surface area contributed by atoms with Crippen LogP contribution in [0.4, 0.5) is 0 Å². The molecule has 0 saturated heterocycles. The SMILES string of the molecule is O=C(O)/C(=C\c1ccccc1OCCc1ccccc1)c1ccccc1. The highest BCUT2D eigenvalue weighted by Crippen LogP contribution is 2.25. The molecule has 0 fully saturated rings. The van der Waals surface area contributed by atoms with E-state index in [0.717, 1.165) is 12.0 Å². The van der Waals surface area contributed by atoms with Crippen molar-refractivity contribution in [2.24, 2.45) is 0 Å². The van der Waals surface area contributed by atoms with Gasteiger partial charge in [0, 0.05) is 12.0 Å². The monoisotopic (exact) mass is 344 g/mol. The third-order valence-corrected chi connectivity index (χ3v) is 4.03. The van der Waals surface area contributed by atoms with E-state index in [1.54, 1.807) is 18.2 Å². The molecule has 1 N–H and O–H groups in total. The molecule has 0 aliphatic heterocycles. The zero-order valence-corrected chi connectivity index (χ0v) is 14.3. The van der Waals surface area contributed by atoms with Crippen molar-refractivity contribution in [1.29, 1.82) is 0 Å². The Hall–Kier alpha value is -3.33. The van der Waals surface area contributed by atoms with Gasteiger partial charge >= 0.3 is 5.97 Å². The summed E-state index contributed by atoms with van der Waals surface area (Å²) in [7, 11) is 0. The number of carboxylic acids is 1. The van der Waals surface area contributed by atoms with Gasteiger partial charge in [-0.3, -0.25) is 0 Å². The van der Waals surface area contributed by atoms with Gasteiger partial charge in [0.1, 0.15) is 5.75 Å². The molecule has 0 radical (unpaired) electrons. The molecule has 0 aliphatic carbocycles. The van der Waals surface area contributed by atoms with E-state index in [-0.39, 0.29) is 5.57 Å². The largest absolute Gasteiger partial charge is 0.493 e. The molecule has 0 atom stereocenters. The number of para-hydroxylation sites is 1. The Morgan fingerprint density at radius 1 is 0.846 bits per heavy atom. The van der Waals surface area contributed by atoms with Crippen LogP contribution in [0.15, 0.2) is 84.9 Å². The van der Waals surface area contributed by atoms with Crippen LogP contribution in [-0.2, 0) is 11.2 Å². The number of carboxylic acid groups (broad SMARTS) is 1. The summed E-state index contributed by atoms with van der Waals surface area (Å²) in [4.78, 5) is 11.7. The van der Waals surface area contributed by atoms with E-state index in [9.17, 15) is 9.90 Å². The molecule has 0 amide bonds. The molecule has 0 unspecified atom stereocenters. The van der Waals surface area contributed by atoms with Crippen molar-refractivity contribution in [2.75, 3.05) is 6.61 Å². The highest BCUT2D eigenvalue weighted by atomic mass is 16.5. The van der Waals surface area contributed by atoms with E-state index in [2.05, 4.69) is 12.1 Å². The summed E-state index contributed by atoms with van der Waals surface area (Å²) in [5.41, 5.74) is 2.86. The smallest absolute Gasteiger partial charge is 0.336 e. The minimum atomic E-state index is -0.963. The van der Waals surface area contributed by atoms with Crippen molar-refractivity contribution < 1.29 is 14.6 Å². The number of hydrogen-bond donors (Lipinski definition) is 1. The van der Waals surface area contributed by atoms with Crippen LogP contribution in [0, 0.1) is 0 Å². The lowest BCUT2D eigenvalue weighted by Gasteiger charge is -2.10. The van der Waals surface area contributed by atoms with Crippen molar-refractivity contribution in [3.63, 3.8) is 0 Å². The number of rotatable bonds is 7. The van der Waals surface area contributed by atoms with Crippen molar-refractivity contribution in [3.05, 3.63) is 102 Å². The molecule has 3 heteroatoms. The molecular formula is C23H20O3. The van der Waals surface area contributed by atoms with E-state index < -0.39 is 5.97 Å². The van der Waals surface area contributed by atoms with Crippen molar-refractivity contribution in [3.8, 4) is 5.75 Å². The first-order valence-electron chi connectivity index (χ1n) is 8.50. The van der Waals surface area contributed by atoms with Gasteiger partial charge in [-0.2, -0.15) is 0 Å². The molecule has 0 aliphatic rings. The fourth-order valence-electron chi connectivity index (χ4n) is 2.70. The van der Waals surface area contributed by atoms with Crippen molar-refractivity contribution >= 4 is 17.6 Å². The molecule has 26 heavy (non-hydrogen) atoms. The van der Waals surface area contributed by atoms with E-state index in [1.165, 1.54) is 5.56 Å². The molecule has 0 heterocycles. The van der Waals surface area contributed by atoms with Crippen LogP contribution in [0.5, 0.6) is 5.75 Å². The Morgan fingerprint density at radius 3 is 2.15 bits per heavy atom. The second-order valence-electron chi connectivity index (χ2n) is 5.85. The van der Waals surface area contributed by atoms with Gasteiger partial charge in [0.05, 0.1) is 12.2 Å². The Bertz CT molecular complexity index is 884. The molecule has 3 rings (SSSR count). The van der Waals surface area contributed by atoms with E-state index in [4.69, 9.17) is 4.74 Å². The Morgan fingerprint density at radius 2 is 1.46 bits per heavy atom. The van der Waals surface area contributed by atoms with Crippen LogP contribution in [0.3, 0.4) is 0 Å². The first kappa shape index (κ1) is 17.5. The Balaban J connectivity index is 1.80. The number of benzene rings is 3. The molecule has 0 spiro atoms. The molecule has 0 bridgehead atoms. The molecule has 3 aromatic carbocycles. The zero-order valence-electron chi connectivity index (χ0n) is 14.3. The standard InChI is InChI=1S/C23H20O3/c24-23(25)21(19-11-5-2-6-12-19)17-20-13-7-8-14-22(20)26-16-15-18-9-3-1-4-10-18/h1-14,17H,15-16H2,(H,24,25)/b21-17-. The molecule has 3 aromatic rings. The third-order valence-electron chi connectivity index (χ3n) is 4.03. The van der Waals surface area contributed by atoms with Crippen molar-refractivity contribution in [2.45, 2.75) is 6.42 Å². The number of hydrogen-bond acceptors (Lipinski definition) is 2. The van der Waals surface area contributed by atoms with Crippen LogP contribution < -0.4 is 4.74 Å². The van der Waals surface area contributed by atoms with Gasteiger partial charge in [-0.05, 0) is 23.3 Å². The fourth-order valence-corrected chi connectivity index (χ4v) is 2.70. The summed E-state index contributed by atoms with van der Waals surface area (Å²) in [6, 6.07) is 26.7. The van der Waals surface area contributed by atoms with E-state index >= 15 is 0 Å². The zero-order chi connectivity index (χ0) is 18.2. The minimum Gasteiger partial charge on any atom is -0.493 e. The van der Waals surface area contributed by atoms with Crippen LogP contribution in [0.2, 0.25) is 0 Å². The average Bonchev–Trinajstić information content (AvgIpc) is 2.68. The first-order valence-corrected chi connectivity index (χ1v) is 8.50. The molecular weight excluding hydrogens is 324 g/mol. The van der Waals surface area contributed by atoms with Gasteiger partial charge in [0.2, 0.25) is 0 Å². The lowest BCUT2D eigenvalue weighted by molar-refractivity contribution is -0.130. The quantitative estimate of drug-likeness (QED) is 0.488. The molecule has 0 aromatic heterocycles. The lowest BCUT2D eigenvalue weighted by Crippen LogP contribution is -2.03. The maximum Gasteiger partial charge on any atom is 0.336 e. The Labute approximate surface area is 153 Å². The molecule has 130 valence electrons. The van der Waals surface area contributed by atoms with Crippen LogP contribution >= 0.6 is 0 Å². The van der Waals surface area contributed by atoms with Crippen molar-refractivity contribution in [1.82, 2.24) is 0 Å². The van der Waals surface area contributed by atoms with Gasteiger partial charge in [-0.15, -0.1) is 0 Å². The highest BCUT2D eigenvalue weighted by Gasteiger charge is 2.11. The number of aliphatic carboxylic acids is 1. The van der Waals surface area contributed by atoms with Gasteiger partial charge in [0.15, 0.2) is 0 Å². The Kier molecular flexibility index (Phi) is 5.84. The van der Waals surface area contributed by atoms with Crippen LogP contribution in [-0.4, -0.2) is 17.7 Å². The van der Waals surface area contributed by atoms with Gasteiger partial charge < -0.3 is 9.84 Å². The lowest BCUT2D eigenvalue weighted by atomic mass is 10.0. The minimum absolute atomic E-state index is 0.240. The summed E-state index contributed by atoms with van der Waals surface area (Å²) < 4.78 is 5.92. The number of ether oxygens (including phenoxy) is 1.